The van der Waals surface area contributed by atoms with Gasteiger partial charge in [-0.2, -0.15) is 0 Å². The first-order valence-electron chi connectivity index (χ1n) is 9.60. The molecule has 9 heteroatoms. The van der Waals surface area contributed by atoms with Gasteiger partial charge in [0, 0.05) is 24.0 Å². The van der Waals surface area contributed by atoms with E-state index in [9.17, 15) is 18.0 Å². The Morgan fingerprint density at radius 1 is 1.10 bits per heavy atom. The maximum absolute atomic E-state index is 12.6. The van der Waals surface area contributed by atoms with Gasteiger partial charge in [0.25, 0.3) is 0 Å². The molecule has 0 saturated carbocycles. The van der Waals surface area contributed by atoms with Crippen LogP contribution in [-0.2, 0) is 38.9 Å². The normalized spacial score (nSPS) is 15.6. The first kappa shape index (κ1) is 22.3. The molecule has 2 aromatic carbocycles. The van der Waals surface area contributed by atoms with Crippen LogP contribution in [0.25, 0.3) is 0 Å². The minimum Gasteiger partial charge on any atom is -0.481 e. The number of rotatable bonds is 9. The summed E-state index contributed by atoms with van der Waals surface area (Å²) in [4.78, 5) is 22.9. The highest BCUT2D eigenvalue weighted by atomic mass is 35.5. The summed E-state index contributed by atoms with van der Waals surface area (Å²) < 4.78 is 28.0. The average Bonchev–Trinajstić information content (AvgIpc) is 3.08. The van der Waals surface area contributed by atoms with Crippen molar-refractivity contribution in [1.29, 1.82) is 0 Å². The second kappa shape index (κ2) is 9.59. The summed E-state index contributed by atoms with van der Waals surface area (Å²) in [7, 11) is -3.67. The Balaban J connectivity index is 1.62. The molecule has 3 N–H and O–H groups in total. The lowest BCUT2D eigenvalue weighted by molar-refractivity contribution is -0.137. The summed E-state index contributed by atoms with van der Waals surface area (Å²) in [6, 6.07) is 11.4. The Morgan fingerprint density at radius 2 is 1.83 bits per heavy atom. The van der Waals surface area contributed by atoms with Gasteiger partial charge in [-0.3, -0.25) is 9.59 Å². The average molecular weight is 451 g/mol. The van der Waals surface area contributed by atoms with Crippen molar-refractivity contribution in [2.75, 3.05) is 6.54 Å². The maximum Gasteiger partial charge on any atom is 0.303 e. The minimum absolute atomic E-state index is 0.0104. The zero-order chi connectivity index (χ0) is 21.7. The number of carboxylic acid groups (broad SMARTS) is 1. The molecule has 160 valence electrons. The van der Waals surface area contributed by atoms with E-state index in [0.717, 1.165) is 16.7 Å². The van der Waals surface area contributed by atoms with Gasteiger partial charge in [-0.15, -0.1) is 0 Å². The molecule has 3 rings (SSSR count). The fraction of sp³-hybridized carbons (Fsp3) is 0.333. The van der Waals surface area contributed by atoms with Crippen LogP contribution in [0.3, 0.4) is 0 Å². The van der Waals surface area contributed by atoms with Gasteiger partial charge in [0.2, 0.25) is 15.9 Å². The van der Waals surface area contributed by atoms with Gasteiger partial charge < -0.3 is 10.4 Å². The van der Waals surface area contributed by atoms with E-state index in [-0.39, 0.29) is 29.7 Å². The summed E-state index contributed by atoms with van der Waals surface area (Å²) in [5.74, 6) is -1.07. The molecule has 0 aliphatic heterocycles. The summed E-state index contributed by atoms with van der Waals surface area (Å²) in [6.45, 7) is 0.309. The van der Waals surface area contributed by atoms with Crippen LogP contribution in [0.15, 0.2) is 47.4 Å². The molecule has 2 aromatic rings. The van der Waals surface area contributed by atoms with Gasteiger partial charge in [-0.25, -0.2) is 13.1 Å². The van der Waals surface area contributed by atoms with Crippen molar-refractivity contribution >= 4 is 33.5 Å². The summed E-state index contributed by atoms with van der Waals surface area (Å²) in [6.07, 6.45) is 1.62. The molecule has 7 nitrogen and oxygen atoms in total. The van der Waals surface area contributed by atoms with Crippen molar-refractivity contribution in [3.05, 3.63) is 64.2 Å². The van der Waals surface area contributed by atoms with E-state index >= 15 is 0 Å². The van der Waals surface area contributed by atoms with Crippen molar-refractivity contribution in [1.82, 2.24) is 10.0 Å². The molecule has 0 fully saturated rings. The molecule has 0 bridgehead atoms. The number of carboxylic acids is 1. The van der Waals surface area contributed by atoms with Crippen LogP contribution in [0.5, 0.6) is 0 Å². The summed E-state index contributed by atoms with van der Waals surface area (Å²) in [5.41, 5.74) is 2.87. The van der Waals surface area contributed by atoms with Gasteiger partial charge >= 0.3 is 5.97 Å². The minimum atomic E-state index is -3.67. The predicted molar refractivity (Wildman–Crippen MR) is 113 cm³/mol. The first-order chi connectivity index (χ1) is 14.2. The molecular weight excluding hydrogens is 428 g/mol. The number of fused-ring (bicyclic) bond motifs is 1. The van der Waals surface area contributed by atoms with Crippen LogP contribution in [0, 0.1) is 0 Å². The molecule has 0 spiro atoms. The Morgan fingerprint density at radius 3 is 2.53 bits per heavy atom. The van der Waals surface area contributed by atoms with E-state index in [0.29, 0.717) is 30.8 Å². The molecule has 1 unspecified atom stereocenters. The smallest absolute Gasteiger partial charge is 0.303 e. The summed E-state index contributed by atoms with van der Waals surface area (Å²) in [5, 5.41) is 11.8. The second-order valence-corrected chi connectivity index (χ2v) is 9.41. The number of halogens is 1. The number of carbonyl (C=O) groups excluding carboxylic acids is 1. The number of hydrogen-bond donors (Lipinski definition) is 3. The highest BCUT2D eigenvalue weighted by Crippen LogP contribution is 2.27. The molecule has 0 saturated heterocycles. The predicted octanol–water partition coefficient (Wildman–Crippen LogP) is 2.31. The van der Waals surface area contributed by atoms with Crippen molar-refractivity contribution < 1.29 is 23.1 Å². The number of amides is 1. The van der Waals surface area contributed by atoms with Crippen molar-refractivity contribution in [2.45, 2.75) is 43.0 Å². The van der Waals surface area contributed by atoms with Crippen LogP contribution in [0.2, 0.25) is 5.02 Å². The Hall–Kier alpha value is -2.42. The topological polar surface area (TPSA) is 113 Å². The van der Waals surface area contributed by atoms with Crippen LogP contribution in [0.1, 0.15) is 29.5 Å². The van der Waals surface area contributed by atoms with E-state index in [2.05, 4.69) is 10.0 Å². The molecule has 1 amide bonds. The molecule has 1 atom stereocenters. The quantitative estimate of drug-likeness (QED) is 0.507. The van der Waals surface area contributed by atoms with Gasteiger partial charge in [0.05, 0.1) is 11.3 Å². The summed E-state index contributed by atoms with van der Waals surface area (Å²) >= 11 is 5.83. The van der Waals surface area contributed by atoms with Crippen LogP contribution >= 0.6 is 11.6 Å². The SMILES string of the molecule is O=C(O)CCCNC(=O)Cc1cccc2c1CC(NS(=O)(=O)c1ccc(Cl)cc1)C2. The zero-order valence-electron chi connectivity index (χ0n) is 16.2. The Labute approximate surface area is 180 Å². The monoisotopic (exact) mass is 450 g/mol. The highest BCUT2D eigenvalue weighted by Gasteiger charge is 2.28. The number of sulfonamides is 1. The largest absolute Gasteiger partial charge is 0.481 e. The van der Waals surface area contributed by atoms with Crippen molar-refractivity contribution in [2.24, 2.45) is 0 Å². The number of carbonyl (C=O) groups is 2. The van der Waals surface area contributed by atoms with Gasteiger partial charge in [-0.1, -0.05) is 29.8 Å². The molecule has 0 aromatic heterocycles. The lowest BCUT2D eigenvalue weighted by Crippen LogP contribution is -2.35. The third kappa shape index (κ3) is 5.81. The Kier molecular flexibility index (Phi) is 7.12. The lowest BCUT2D eigenvalue weighted by atomic mass is 10.0. The lowest BCUT2D eigenvalue weighted by Gasteiger charge is -2.13. The van der Waals surface area contributed by atoms with Gasteiger partial charge in [0.1, 0.15) is 0 Å². The van der Waals surface area contributed by atoms with Crippen LogP contribution < -0.4 is 10.0 Å². The van der Waals surface area contributed by atoms with Crippen LogP contribution in [-0.4, -0.2) is 38.0 Å². The number of aliphatic carboxylic acids is 1. The highest BCUT2D eigenvalue weighted by molar-refractivity contribution is 7.89. The van der Waals surface area contributed by atoms with E-state index in [1.807, 2.05) is 18.2 Å². The Bertz CT molecular complexity index is 1040. The molecule has 1 aliphatic carbocycles. The third-order valence-corrected chi connectivity index (χ3v) is 6.76. The van der Waals surface area contributed by atoms with Crippen LogP contribution in [0.4, 0.5) is 0 Å². The van der Waals surface area contributed by atoms with E-state index in [1.54, 1.807) is 0 Å². The number of hydrogen-bond acceptors (Lipinski definition) is 4. The molecule has 30 heavy (non-hydrogen) atoms. The molecule has 0 radical (unpaired) electrons. The van der Waals surface area contributed by atoms with Crippen molar-refractivity contribution in [3.63, 3.8) is 0 Å². The standard InChI is InChI=1S/C21H23ClN2O5S/c22-16-6-8-18(9-7-16)30(28,29)24-17-11-14-3-1-4-15(19(14)13-17)12-20(25)23-10-2-5-21(26)27/h1,3-4,6-9,17,24H,2,5,10-13H2,(H,23,25)(H,26,27). The van der Waals surface area contributed by atoms with Crippen molar-refractivity contribution in [3.8, 4) is 0 Å². The van der Waals surface area contributed by atoms with E-state index < -0.39 is 16.0 Å². The first-order valence-corrected chi connectivity index (χ1v) is 11.5. The maximum atomic E-state index is 12.6. The fourth-order valence-electron chi connectivity index (χ4n) is 3.58. The molecule has 1 aliphatic rings. The van der Waals surface area contributed by atoms with E-state index in [4.69, 9.17) is 16.7 Å². The van der Waals surface area contributed by atoms with E-state index in [1.165, 1.54) is 24.3 Å². The zero-order valence-corrected chi connectivity index (χ0v) is 17.8. The number of benzene rings is 2. The molecule has 0 heterocycles. The second-order valence-electron chi connectivity index (χ2n) is 7.26. The number of nitrogens with one attached hydrogen (secondary N) is 2. The third-order valence-electron chi connectivity index (χ3n) is 4.97. The van der Waals surface area contributed by atoms with Gasteiger partial charge in [-0.05, 0) is 60.2 Å². The fourth-order valence-corrected chi connectivity index (χ4v) is 4.94. The molecular formula is C21H23ClN2O5S. The van der Waals surface area contributed by atoms with Gasteiger partial charge in [0.15, 0.2) is 0 Å².